The number of carboxylic acid groups (broad SMARTS) is 1. The topological polar surface area (TPSA) is 118 Å². The van der Waals surface area contributed by atoms with E-state index in [2.05, 4.69) is 19.9 Å². The van der Waals surface area contributed by atoms with Crippen LogP contribution in [0.15, 0.2) is 48.1 Å². The number of aliphatic hydroxyl groups excluding tert-OH is 4. The Hall–Kier alpha value is -1.73. The summed E-state index contributed by atoms with van der Waals surface area (Å²) < 4.78 is 0. The number of allylic oxidation sites excluding steroid dienone is 1. The zero-order valence-electron chi connectivity index (χ0n) is 20.6. The first-order valence-corrected chi connectivity index (χ1v) is 11.5. The Morgan fingerprint density at radius 3 is 1.53 bits per heavy atom. The monoisotopic (exact) mass is 452 g/mol. The Bertz CT molecular complexity index is 665. The van der Waals surface area contributed by atoms with Gasteiger partial charge in [0.2, 0.25) is 0 Å². The van der Waals surface area contributed by atoms with E-state index in [0.717, 1.165) is 12.0 Å². The van der Waals surface area contributed by atoms with E-state index in [0.29, 0.717) is 5.92 Å². The second-order valence-corrected chi connectivity index (χ2v) is 9.07. The lowest BCUT2D eigenvalue weighted by Crippen LogP contribution is -2.24. The Kier molecular flexibility index (Phi) is 14.3. The highest BCUT2D eigenvalue weighted by Crippen LogP contribution is 2.18. The van der Waals surface area contributed by atoms with Crippen molar-refractivity contribution >= 4 is 5.97 Å². The molecule has 0 radical (unpaired) electrons. The summed E-state index contributed by atoms with van der Waals surface area (Å²) in [6.45, 7) is 13.0. The third-order valence-corrected chi connectivity index (χ3v) is 5.97. The zero-order valence-corrected chi connectivity index (χ0v) is 20.6. The summed E-state index contributed by atoms with van der Waals surface area (Å²) in [5.74, 6) is -2.34. The summed E-state index contributed by atoms with van der Waals surface area (Å²) in [7, 11) is 0. The SMILES string of the molecule is CCC(C)C=C(C)C(O)C(C)C=CC(O)C(C)C=CC(O)C(C)C=CC(O)C(C)C(=O)O. The molecular weight excluding hydrogens is 408 g/mol. The van der Waals surface area contributed by atoms with Gasteiger partial charge in [0, 0.05) is 17.8 Å². The van der Waals surface area contributed by atoms with Crippen molar-refractivity contribution in [3.63, 3.8) is 0 Å². The highest BCUT2D eigenvalue weighted by molar-refractivity contribution is 5.70. The highest BCUT2D eigenvalue weighted by Gasteiger charge is 2.19. The van der Waals surface area contributed by atoms with Crippen molar-refractivity contribution in [2.24, 2.45) is 29.6 Å². The lowest BCUT2D eigenvalue weighted by Gasteiger charge is -2.19. The minimum absolute atomic E-state index is 0.142. The van der Waals surface area contributed by atoms with E-state index >= 15 is 0 Å². The van der Waals surface area contributed by atoms with Gasteiger partial charge in [-0.2, -0.15) is 0 Å². The Morgan fingerprint density at radius 2 is 1.12 bits per heavy atom. The Labute approximate surface area is 193 Å². The fourth-order valence-corrected chi connectivity index (χ4v) is 2.94. The highest BCUT2D eigenvalue weighted by atomic mass is 16.4. The van der Waals surface area contributed by atoms with Gasteiger partial charge in [-0.3, -0.25) is 4.79 Å². The smallest absolute Gasteiger partial charge is 0.309 e. The van der Waals surface area contributed by atoms with Crippen LogP contribution in [0, 0.1) is 29.6 Å². The third-order valence-electron chi connectivity index (χ3n) is 5.97. The number of hydrogen-bond donors (Lipinski definition) is 5. The molecule has 0 bridgehead atoms. The van der Waals surface area contributed by atoms with Crippen molar-refractivity contribution in [2.45, 2.75) is 79.3 Å². The third kappa shape index (κ3) is 11.2. The second kappa shape index (κ2) is 15.2. The van der Waals surface area contributed by atoms with Crippen LogP contribution in [-0.2, 0) is 4.79 Å². The van der Waals surface area contributed by atoms with Gasteiger partial charge in [-0.25, -0.2) is 0 Å². The van der Waals surface area contributed by atoms with Gasteiger partial charge in [0.25, 0.3) is 0 Å². The molecule has 0 saturated carbocycles. The van der Waals surface area contributed by atoms with E-state index in [1.807, 2.05) is 20.8 Å². The van der Waals surface area contributed by atoms with E-state index in [1.54, 1.807) is 37.3 Å². The van der Waals surface area contributed by atoms with Crippen LogP contribution in [0.2, 0.25) is 0 Å². The van der Waals surface area contributed by atoms with E-state index in [4.69, 9.17) is 5.11 Å². The van der Waals surface area contributed by atoms with Crippen LogP contribution < -0.4 is 0 Å². The van der Waals surface area contributed by atoms with Crippen molar-refractivity contribution in [1.29, 1.82) is 0 Å². The van der Waals surface area contributed by atoms with E-state index < -0.39 is 36.3 Å². The molecule has 0 aliphatic carbocycles. The molecule has 5 N–H and O–H groups in total. The molecule has 6 nitrogen and oxygen atoms in total. The van der Waals surface area contributed by atoms with Gasteiger partial charge >= 0.3 is 5.97 Å². The predicted octanol–water partition coefficient (Wildman–Crippen LogP) is 3.72. The van der Waals surface area contributed by atoms with Crippen LogP contribution in [0.25, 0.3) is 0 Å². The second-order valence-electron chi connectivity index (χ2n) is 9.07. The van der Waals surface area contributed by atoms with E-state index in [1.165, 1.54) is 13.0 Å². The number of aliphatic hydroxyl groups is 4. The normalized spacial score (nSPS) is 21.9. The molecule has 0 aromatic carbocycles. The maximum absolute atomic E-state index is 10.9. The molecule has 0 saturated heterocycles. The number of carboxylic acids is 1. The van der Waals surface area contributed by atoms with Crippen LogP contribution in [0.3, 0.4) is 0 Å². The predicted molar refractivity (Wildman–Crippen MR) is 129 cm³/mol. The molecule has 32 heavy (non-hydrogen) atoms. The minimum Gasteiger partial charge on any atom is -0.481 e. The molecule has 0 spiro atoms. The summed E-state index contributed by atoms with van der Waals surface area (Å²) in [5, 5.41) is 49.9. The van der Waals surface area contributed by atoms with Crippen molar-refractivity contribution in [2.75, 3.05) is 0 Å². The summed E-state index contributed by atoms with van der Waals surface area (Å²) in [5.41, 5.74) is 0.923. The number of rotatable bonds is 14. The summed E-state index contributed by atoms with van der Waals surface area (Å²) in [6.07, 6.45) is 9.49. The standard InChI is InChI=1S/C26H44O6/c1-8-16(2)15-20(6)25(30)19(5)11-13-23(28)17(3)9-12-22(27)18(4)10-14-24(29)21(7)26(31)32/h9-19,21-25,27-30H,8H2,1-7H3,(H,31,32). The van der Waals surface area contributed by atoms with Crippen molar-refractivity contribution in [3.05, 3.63) is 48.1 Å². The average molecular weight is 453 g/mol. The van der Waals surface area contributed by atoms with E-state index in [-0.39, 0.29) is 17.8 Å². The van der Waals surface area contributed by atoms with Gasteiger partial charge in [-0.05, 0) is 25.3 Å². The van der Waals surface area contributed by atoms with Crippen molar-refractivity contribution in [3.8, 4) is 0 Å². The molecular formula is C26H44O6. The molecule has 0 aromatic heterocycles. The number of hydrogen-bond acceptors (Lipinski definition) is 5. The zero-order chi connectivity index (χ0) is 25.0. The van der Waals surface area contributed by atoms with Gasteiger partial charge in [0.05, 0.1) is 30.3 Å². The van der Waals surface area contributed by atoms with Gasteiger partial charge in [-0.1, -0.05) is 83.6 Å². The molecule has 0 aliphatic heterocycles. The first-order chi connectivity index (χ1) is 14.8. The van der Waals surface area contributed by atoms with Crippen molar-refractivity contribution < 1.29 is 30.3 Å². The van der Waals surface area contributed by atoms with Crippen molar-refractivity contribution in [1.82, 2.24) is 0 Å². The van der Waals surface area contributed by atoms with Gasteiger partial charge in [-0.15, -0.1) is 0 Å². The van der Waals surface area contributed by atoms with Gasteiger partial charge < -0.3 is 25.5 Å². The first kappa shape index (κ1) is 30.3. The summed E-state index contributed by atoms with van der Waals surface area (Å²) >= 11 is 0. The molecule has 9 unspecified atom stereocenters. The van der Waals surface area contributed by atoms with Gasteiger partial charge in [0.15, 0.2) is 0 Å². The lowest BCUT2D eigenvalue weighted by atomic mass is 9.93. The summed E-state index contributed by atoms with van der Waals surface area (Å²) in [4.78, 5) is 10.9. The number of carbonyl (C=O) groups is 1. The average Bonchev–Trinajstić information content (AvgIpc) is 2.76. The molecule has 6 heteroatoms. The largest absolute Gasteiger partial charge is 0.481 e. The van der Waals surface area contributed by atoms with Crippen LogP contribution >= 0.6 is 0 Å². The molecule has 0 aromatic rings. The lowest BCUT2D eigenvalue weighted by molar-refractivity contribution is -0.143. The molecule has 0 heterocycles. The first-order valence-electron chi connectivity index (χ1n) is 11.5. The number of aliphatic carboxylic acids is 1. The molecule has 0 fully saturated rings. The fourth-order valence-electron chi connectivity index (χ4n) is 2.94. The Morgan fingerprint density at radius 1 is 0.719 bits per heavy atom. The maximum atomic E-state index is 10.9. The van der Waals surface area contributed by atoms with E-state index in [9.17, 15) is 25.2 Å². The van der Waals surface area contributed by atoms with Gasteiger partial charge in [0.1, 0.15) is 0 Å². The minimum atomic E-state index is -1.13. The molecule has 0 amide bonds. The molecule has 9 atom stereocenters. The quantitative estimate of drug-likeness (QED) is 0.256. The molecule has 184 valence electrons. The maximum Gasteiger partial charge on any atom is 0.309 e. The fraction of sp³-hybridized carbons (Fsp3) is 0.654. The van der Waals surface area contributed by atoms with Crippen LogP contribution in [0.4, 0.5) is 0 Å². The van der Waals surface area contributed by atoms with Crippen LogP contribution in [0.1, 0.15) is 54.9 Å². The van der Waals surface area contributed by atoms with Crippen LogP contribution in [-0.4, -0.2) is 55.9 Å². The van der Waals surface area contributed by atoms with Crippen LogP contribution in [0.5, 0.6) is 0 Å². The molecule has 0 rings (SSSR count). The Balaban J connectivity index is 4.83. The molecule has 0 aliphatic rings. The summed E-state index contributed by atoms with van der Waals surface area (Å²) in [6, 6.07) is 0.